The van der Waals surface area contributed by atoms with Gasteiger partial charge in [-0.1, -0.05) is 30.0 Å². The molecule has 0 aliphatic carbocycles. The molecule has 0 bridgehead atoms. The summed E-state index contributed by atoms with van der Waals surface area (Å²) in [4.78, 5) is 13.9. The number of halogens is 1. The molecule has 0 saturated heterocycles. The van der Waals surface area contributed by atoms with Gasteiger partial charge in [0.25, 0.3) is 0 Å². The Morgan fingerprint density at radius 3 is 2.89 bits per heavy atom. The van der Waals surface area contributed by atoms with Crippen molar-refractivity contribution in [1.82, 2.24) is 0 Å². The molecule has 1 heterocycles. The summed E-state index contributed by atoms with van der Waals surface area (Å²) in [6.07, 6.45) is 0.895. The maximum Gasteiger partial charge on any atom is 0.237 e. The first-order valence-electron chi connectivity index (χ1n) is 5.46. The van der Waals surface area contributed by atoms with E-state index in [4.69, 9.17) is 11.1 Å². The number of nitrogens with zero attached hydrogens (tertiary/aromatic N) is 1. The topological polar surface area (TPSA) is 70.2 Å². The number of benzene rings is 1. The van der Waals surface area contributed by atoms with Crippen molar-refractivity contribution in [3.05, 3.63) is 29.8 Å². The summed E-state index contributed by atoms with van der Waals surface area (Å²) in [5.41, 5.74) is 7.45. The van der Waals surface area contributed by atoms with E-state index in [9.17, 15) is 4.79 Å². The molecule has 0 radical (unpaired) electrons. The third-order valence-electron chi connectivity index (χ3n) is 2.83. The Hall–Kier alpha value is -1.20. The molecule has 98 valence electrons. The number of thioether (sulfide) groups is 1. The molecule has 1 aromatic carbocycles. The highest BCUT2D eigenvalue weighted by molar-refractivity contribution is 8.14. The number of nitrogens with two attached hydrogens (primary N) is 1. The van der Waals surface area contributed by atoms with E-state index < -0.39 is 0 Å². The lowest BCUT2D eigenvalue weighted by atomic mass is 10.1. The minimum atomic E-state index is -0.0153. The Balaban J connectivity index is 0.00000162. The largest absolute Gasteiger partial charge is 0.379 e. The Kier molecular flexibility index (Phi) is 5.04. The average molecular weight is 286 g/mol. The minimum absolute atomic E-state index is 0. The van der Waals surface area contributed by atoms with E-state index in [0.717, 1.165) is 23.9 Å². The number of fused-ring (bicyclic) bond motifs is 1. The monoisotopic (exact) mass is 285 g/mol. The molecule has 4 nitrogen and oxygen atoms in total. The first kappa shape index (κ1) is 14.9. The van der Waals surface area contributed by atoms with Crippen LogP contribution in [-0.4, -0.2) is 22.9 Å². The lowest BCUT2D eigenvalue weighted by molar-refractivity contribution is -0.116. The zero-order valence-corrected chi connectivity index (χ0v) is 11.7. The number of nitrogens with one attached hydrogen (secondary N) is 1. The SMILES string of the molecule is CC1Cc2ccccc2N1C(=O)CSC(=N)N.Cl. The van der Waals surface area contributed by atoms with E-state index in [1.54, 1.807) is 0 Å². The number of hydrogen-bond acceptors (Lipinski definition) is 3. The van der Waals surface area contributed by atoms with Crippen LogP contribution in [0.3, 0.4) is 0 Å². The Bertz CT molecular complexity index is 466. The fourth-order valence-corrected chi connectivity index (χ4v) is 2.57. The average Bonchev–Trinajstić information content (AvgIpc) is 2.61. The molecular weight excluding hydrogens is 270 g/mol. The lowest BCUT2D eigenvalue weighted by Crippen LogP contribution is -2.37. The summed E-state index contributed by atoms with van der Waals surface area (Å²) >= 11 is 1.07. The van der Waals surface area contributed by atoms with Crippen molar-refractivity contribution in [2.45, 2.75) is 19.4 Å². The molecular formula is C12H16ClN3OS. The van der Waals surface area contributed by atoms with Gasteiger partial charge >= 0.3 is 0 Å². The van der Waals surface area contributed by atoms with Crippen LogP contribution in [0.2, 0.25) is 0 Å². The van der Waals surface area contributed by atoms with Crippen LogP contribution in [0, 0.1) is 5.41 Å². The van der Waals surface area contributed by atoms with Gasteiger partial charge in [0.2, 0.25) is 5.91 Å². The Morgan fingerprint density at radius 2 is 2.22 bits per heavy atom. The number of anilines is 1. The molecule has 1 aliphatic heterocycles. The summed E-state index contributed by atoms with van der Waals surface area (Å²) in [7, 11) is 0. The van der Waals surface area contributed by atoms with Crippen LogP contribution >= 0.6 is 24.2 Å². The number of hydrogen-bond donors (Lipinski definition) is 2. The molecule has 0 saturated carbocycles. The molecule has 1 aromatic rings. The number of rotatable bonds is 2. The highest BCUT2D eigenvalue weighted by atomic mass is 35.5. The predicted molar refractivity (Wildman–Crippen MR) is 78.7 cm³/mol. The van der Waals surface area contributed by atoms with Crippen LogP contribution in [0.1, 0.15) is 12.5 Å². The van der Waals surface area contributed by atoms with Crippen LogP contribution in [-0.2, 0) is 11.2 Å². The number of carbonyl (C=O) groups excluding carboxylic acids is 1. The molecule has 3 N–H and O–H groups in total. The van der Waals surface area contributed by atoms with Gasteiger partial charge in [-0.3, -0.25) is 10.2 Å². The first-order valence-corrected chi connectivity index (χ1v) is 6.45. The predicted octanol–water partition coefficient (Wildman–Crippen LogP) is 2.01. The van der Waals surface area contributed by atoms with E-state index in [1.807, 2.05) is 30.0 Å². The summed E-state index contributed by atoms with van der Waals surface area (Å²) in [6.45, 7) is 2.04. The third kappa shape index (κ3) is 2.97. The van der Waals surface area contributed by atoms with Gasteiger partial charge in [-0.15, -0.1) is 12.4 Å². The smallest absolute Gasteiger partial charge is 0.237 e. The number of amides is 1. The highest BCUT2D eigenvalue weighted by Crippen LogP contribution is 2.32. The summed E-state index contributed by atoms with van der Waals surface area (Å²) in [5, 5.41) is 7.11. The van der Waals surface area contributed by atoms with Gasteiger partial charge in [0.1, 0.15) is 0 Å². The normalized spacial score (nSPS) is 16.9. The quantitative estimate of drug-likeness (QED) is 0.645. The Morgan fingerprint density at radius 1 is 1.56 bits per heavy atom. The zero-order valence-electron chi connectivity index (χ0n) is 10.1. The van der Waals surface area contributed by atoms with Gasteiger partial charge in [-0.2, -0.15) is 0 Å². The fourth-order valence-electron chi connectivity index (χ4n) is 2.15. The van der Waals surface area contributed by atoms with Crippen molar-refractivity contribution in [3.8, 4) is 0 Å². The van der Waals surface area contributed by atoms with E-state index in [-0.39, 0.29) is 35.3 Å². The van der Waals surface area contributed by atoms with E-state index >= 15 is 0 Å². The van der Waals surface area contributed by atoms with E-state index in [2.05, 4.69) is 6.07 Å². The minimum Gasteiger partial charge on any atom is -0.379 e. The number of para-hydroxylation sites is 1. The molecule has 6 heteroatoms. The molecule has 0 spiro atoms. The molecule has 1 amide bonds. The Labute approximate surface area is 117 Å². The van der Waals surface area contributed by atoms with E-state index in [1.165, 1.54) is 5.56 Å². The highest BCUT2D eigenvalue weighted by Gasteiger charge is 2.30. The van der Waals surface area contributed by atoms with Crippen LogP contribution < -0.4 is 10.6 Å². The second kappa shape index (κ2) is 6.11. The van der Waals surface area contributed by atoms with Gasteiger partial charge in [-0.05, 0) is 25.0 Å². The van der Waals surface area contributed by atoms with Crippen LogP contribution in [0.4, 0.5) is 5.69 Å². The van der Waals surface area contributed by atoms with Crippen molar-refractivity contribution >= 4 is 40.9 Å². The van der Waals surface area contributed by atoms with E-state index in [0.29, 0.717) is 0 Å². The summed E-state index contributed by atoms with van der Waals surface area (Å²) < 4.78 is 0. The van der Waals surface area contributed by atoms with Gasteiger partial charge in [0.05, 0.1) is 5.75 Å². The van der Waals surface area contributed by atoms with Crippen molar-refractivity contribution in [3.63, 3.8) is 0 Å². The van der Waals surface area contributed by atoms with Gasteiger partial charge < -0.3 is 10.6 Å². The molecule has 1 atom stereocenters. The maximum absolute atomic E-state index is 12.1. The van der Waals surface area contributed by atoms with Crippen molar-refractivity contribution in [2.75, 3.05) is 10.7 Å². The molecule has 2 rings (SSSR count). The van der Waals surface area contributed by atoms with Crippen molar-refractivity contribution in [2.24, 2.45) is 5.73 Å². The van der Waals surface area contributed by atoms with Crippen LogP contribution in [0.25, 0.3) is 0 Å². The number of carbonyl (C=O) groups is 1. The zero-order chi connectivity index (χ0) is 12.4. The molecule has 1 aliphatic rings. The first-order chi connectivity index (χ1) is 8.09. The summed E-state index contributed by atoms with van der Waals surface area (Å²) in [5.74, 6) is 0.247. The maximum atomic E-state index is 12.1. The second-order valence-electron chi connectivity index (χ2n) is 4.10. The molecule has 0 fully saturated rings. The molecule has 1 unspecified atom stereocenters. The van der Waals surface area contributed by atoms with Gasteiger partial charge in [-0.25, -0.2) is 0 Å². The number of amidine groups is 1. The van der Waals surface area contributed by atoms with Crippen molar-refractivity contribution in [1.29, 1.82) is 5.41 Å². The van der Waals surface area contributed by atoms with Crippen LogP contribution in [0.5, 0.6) is 0 Å². The second-order valence-corrected chi connectivity index (χ2v) is 5.12. The third-order valence-corrected chi connectivity index (χ3v) is 3.53. The lowest BCUT2D eigenvalue weighted by Gasteiger charge is -2.22. The van der Waals surface area contributed by atoms with Gasteiger partial charge in [0.15, 0.2) is 5.17 Å². The van der Waals surface area contributed by atoms with Crippen LogP contribution in [0.15, 0.2) is 24.3 Å². The van der Waals surface area contributed by atoms with Crippen molar-refractivity contribution < 1.29 is 4.79 Å². The van der Waals surface area contributed by atoms with Gasteiger partial charge in [0, 0.05) is 11.7 Å². The molecule has 18 heavy (non-hydrogen) atoms. The molecule has 0 aromatic heterocycles. The summed E-state index contributed by atoms with van der Waals surface area (Å²) in [6, 6.07) is 8.14. The fraction of sp³-hybridized carbons (Fsp3) is 0.333. The standard InChI is InChI=1S/C12H15N3OS.ClH/c1-8-6-9-4-2-3-5-10(9)15(8)11(16)7-17-12(13)14;/h2-5,8H,6-7H2,1H3,(H3,13,14);1H.